The number of rotatable bonds is 3. The lowest BCUT2D eigenvalue weighted by Crippen LogP contribution is -2.63. The maximum Gasteiger partial charge on any atom is 0.408 e. The smallest absolute Gasteiger partial charge is 0.408 e. The van der Waals surface area contributed by atoms with E-state index in [9.17, 15) is 4.79 Å². The highest BCUT2D eigenvalue weighted by Gasteiger charge is 2.50. The molecule has 110 valence electrons. The van der Waals surface area contributed by atoms with Gasteiger partial charge in [0.15, 0.2) is 0 Å². The Morgan fingerprint density at radius 3 is 2.37 bits per heavy atom. The van der Waals surface area contributed by atoms with Crippen molar-refractivity contribution < 1.29 is 19.4 Å². The number of hydrogen-bond acceptors (Lipinski definition) is 4. The molecule has 19 heavy (non-hydrogen) atoms. The summed E-state index contributed by atoms with van der Waals surface area (Å²) in [6, 6.07) is 0. The highest BCUT2D eigenvalue weighted by atomic mass is 16.6. The summed E-state index contributed by atoms with van der Waals surface area (Å²) in [4.78, 5) is 11.9. The minimum absolute atomic E-state index is 0.159. The van der Waals surface area contributed by atoms with Gasteiger partial charge in [-0.25, -0.2) is 4.79 Å². The Bertz CT molecular complexity index is 323. The second-order valence-corrected chi connectivity index (χ2v) is 6.85. The first-order chi connectivity index (χ1) is 8.78. The lowest BCUT2D eigenvalue weighted by atomic mass is 9.70. The summed E-state index contributed by atoms with van der Waals surface area (Å²) in [6.45, 7) is 6.25. The quantitative estimate of drug-likeness (QED) is 0.823. The van der Waals surface area contributed by atoms with Gasteiger partial charge in [0.1, 0.15) is 5.60 Å². The summed E-state index contributed by atoms with van der Waals surface area (Å²) in [5, 5.41) is 12.1. The van der Waals surface area contributed by atoms with Crippen LogP contribution in [0.3, 0.4) is 0 Å². The summed E-state index contributed by atoms with van der Waals surface area (Å²) >= 11 is 0. The number of aliphatic hydroxyl groups excluding tert-OH is 1. The van der Waals surface area contributed by atoms with E-state index in [2.05, 4.69) is 5.32 Å². The molecule has 0 unspecified atom stereocenters. The van der Waals surface area contributed by atoms with Gasteiger partial charge in [0.25, 0.3) is 0 Å². The van der Waals surface area contributed by atoms with Crippen LogP contribution < -0.4 is 5.32 Å². The minimum Gasteiger partial charge on any atom is -0.444 e. The predicted molar refractivity (Wildman–Crippen MR) is 71.0 cm³/mol. The molecule has 0 aromatic carbocycles. The lowest BCUT2D eigenvalue weighted by molar-refractivity contribution is -0.167. The summed E-state index contributed by atoms with van der Waals surface area (Å²) in [5.74, 6) is 0. The molecule has 1 amide bonds. The van der Waals surface area contributed by atoms with Gasteiger partial charge in [-0.15, -0.1) is 0 Å². The van der Waals surface area contributed by atoms with Gasteiger partial charge in [-0.3, -0.25) is 0 Å². The summed E-state index contributed by atoms with van der Waals surface area (Å²) in [7, 11) is 0. The van der Waals surface area contributed by atoms with Gasteiger partial charge in [0, 0.05) is 6.61 Å². The van der Waals surface area contributed by atoms with Crippen LogP contribution in [0.25, 0.3) is 0 Å². The van der Waals surface area contributed by atoms with Crippen molar-refractivity contribution in [1.82, 2.24) is 5.32 Å². The van der Waals surface area contributed by atoms with Crippen LogP contribution in [0.2, 0.25) is 0 Å². The molecule has 0 aromatic rings. The SMILES string of the molecule is CC(C)(C)OC(=O)NC12CCC(CCO)(CC1)OC2. The van der Waals surface area contributed by atoms with Crippen molar-refractivity contribution in [2.75, 3.05) is 13.2 Å². The summed E-state index contributed by atoms with van der Waals surface area (Å²) in [5.41, 5.74) is -0.919. The third-order valence-electron chi connectivity index (χ3n) is 4.11. The maximum atomic E-state index is 11.9. The Kier molecular flexibility index (Phi) is 3.80. The van der Waals surface area contributed by atoms with Crippen LogP contribution in [0.4, 0.5) is 4.79 Å². The molecular weight excluding hydrogens is 246 g/mol. The van der Waals surface area contributed by atoms with Gasteiger partial charge in [0.2, 0.25) is 0 Å². The number of ether oxygens (including phenoxy) is 2. The van der Waals surface area contributed by atoms with Crippen molar-refractivity contribution in [2.24, 2.45) is 0 Å². The minimum atomic E-state index is -0.481. The van der Waals surface area contributed by atoms with Gasteiger partial charge in [-0.05, 0) is 52.9 Å². The highest BCUT2D eigenvalue weighted by molar-refractivity contribution is 5.69. The molecule has 2 heterocycles. The van der Waals surface area contributed by atoms with Gasteiger partial charge in [-0.2, -0.15) is 0 Å². The van der Waals surface area contributed by atoms with E-state index in [4.69, 9.17) is 14.6 Å². The fraction of sp³-hybridized carbons (Fsp3) is 0.929. The number of amides is 1. The molecule has 1 saturated carbocycles. The molecule has 0 atom stereocenters. The van der Waals surface area contributed by atoms with Crippen molar-refractivity contribution in [3.8, 4) is 0 Å². The van der Waals surface area contributed by atoms with E-state index in [0.29, 0.717) is 13.0 Å². The number of hydrogen-bond donors (Lipinski definition) is 2. The predicted octanol–water partition coefficient (Wildman–Crippen LogP) is 1.98. The third kappa shape index (κ3) is 3.39. The monoisotopic (exact) mass is 271 g/mol. The van der Waals surface area contributed by atoms with Crippen LogP contribution in [0.5, 0.6) is 0 Å². The molecule has 5 heteroatoms. The Labute approximate surface area is 114 Å². The third-order valence-corrected chi connectivity index (χ3v) is 4.11. The Morgan fingerprint density at radius 2 is 1.95 bits per heavy atom. The Hall–Kier alpha value is -0.810. The number of aliphatic hydroxyl groups is 1. The van der Waals surface area contributed by atoms with Crippen LogP contribution in [-0.2, 0) is 9.47 Å². The average molecular weight is 271 g/mol. The standard InChI is InChI=1S/C14H25NO4/c1-12(2,3)19-11(17)15-13-4-6-14(7-5-13,8-9-16)18-10-13/h16H,4-10H2,1-3H3,(H,15,17). The van der Waals surface area contributed by atoms with Crippen molar-refractivity contribution in [1.29, 1.82) is 0 Å². The van der Waals surface area contributed by atoms with Crippen LogP contribution in [-0.4, -0.2) is 41.2 Å². The first-order valence-electron chi connectivity index (χ1n) is 7.04. The fourth-order valence-electron chi connectivity index (χ4n) is 2.97. The molecule has 3 aliphatic rings. The first-order valence-corrected chi connectivity index (χ1v) is 7.04. The molecule has 0 aromatic heterocycles. The molecule has 3 fully saturated rings. The topological polar surface area (TPSA) is 67.8 Å². The number of carbonyl (C=O) groups is 1. The fourth-order valence-corrected chi connectivity index (χ4v) is 2.97. The molecule has 2 saturated heterocycles. The van der Waals surface area contributed by atoms with E-state index in [1.54, 1.807) is 0 Å². The van der Waals surface area contributed by atoms with Crippen LogP contribution in [0.1, 0.15) is 52.9 Å². The van der Waals surface area contributed by atoms with E-state index in [0.717, 1.165) is 25.7 Å². The zero-order valence-electron chi connectivity index (χ0n) is 12.1. The largest absolute Gasteiger partial charge is 0.444 e. The van der Waals surface area contributed by atoms with Crippen LogP contribution >= 0.6 is 0 Å². The van der Waals surface area contributed by atoms with Gasteiger partial charge in [-0.1, -0.05) is 0 Å². The number of nitrogens with one attached hydrogen (secondary N) is 1. The van der Waals surface area contributed by atoms with E-state index in [-0.39, 0.29) is 23.8 Å². The van der Waals surface area contributed by atoms with E-state index < -0.39 is 5.60 Å². The second kappa shape index (κ2) is 4.94. The highest BCUT2D eigenvalue weighted by Crippen LogP contribution is 2.45. The number of fused-ring (bicyclic) bond motifs is 3. The molecule has 5 nitrogen and oxygen atoms in total. The molecule has 1 aliphatic carbocycles. The lowest BCUT2D eigenvalue weighted by Gasteiger charge is -2.53. The van der Waals surface area contributed by atoms with Crippen molar-refractivity contribution in [2.45, 2.75) is 69.6 Å². The van der Waals surface area contributed by atoms with Crippen molar-refractivity contribution in [3.05, 3.63) is 0 Å². The maximum absolute atomic E-state index is 11.9. The van der Waals surface area contributed by atoms with Gasteiger partial charge in [0.05, 0.1) is 17.7 Å². The van der Waals surface area contributed by atoms with Crippen molar-refractivity contribution in [3.63, 3.8) is 0 Å². The number of alkyl carbamates (subject to hydrolysis) is 1. The number of carbonyl (C=O) groups excluding carboxylic acids is 1. The zero-order chi connectivity index (χ0) is 14.1. The zero-order valence-corrected chi connectivity index (χ0v) is 12.1. The van der Waals surface area contributed by atoms with Gasteiger partial charge >= 0.3 is 6.09 Å². The summed E-state index contributed by atoms with van der Waals surface area (Å²) < 4.78 is 11.2. The second-order valence-electron chi connectivity index (χ2n) is 6.85. The Balaban J connectivity index is 1.92. The molecule has 2 bridgehead atoms. The molecular formula is C14H25NO4. The van der Waals surface area contributed by atoms with Crippen LogP contribution in [0, 0.1) is 0 Å². The first kappa shape index (κ1) is 14.6. The summed E-state index contributed by atoms with van der Waals surface area (Å²) in [6.07, 6.45) is 3.90. The average Bonchev–Trinajstić information content (AvgIpc) is 2.29. The molecule has 0 radical (unpaired) electrons. The van der Waals surface area contributed by atoms with Crippen LogP contribution in [0.15, 0.2) is 0 Å². The van der Waals surface area contributed by atoms with Crippen molar-refractivity contribution >= 4 is 6.09 Å². The van der Waals surface area contributed by atoms with Gasteiger partial charge < -0.3 is 19.9 Å². The van der Waals surface area contributed by atoms with E-state index in [1.165, 1.54) is 0 Å². The molecule has 0 spiro atoms. The van der Waals surface area contributed by atoms with E-state index >= 15 is 0 Å². The Morgan fingerprint density at radius 1 is 1.32 bits per heavy atom. The van der Waals surface area contributed by atoms with E-state index in [1.807, 2.05) is 20.8 Å². The molecule has 2 N–H and O–H groups in total. The molecule has 2 aliphatic heterocycles. The molecule has 3 rings (SSSR count). The normalized spacial score (nSPS) is 34.1.